The van der Waals surface area contributed by atoms with Crippen LogP contribution in [0.5, 0.6) is 0 Å². The fourth-order valence-corrected chi connectivity index (χ4v) is 3.48. The van der Waals surface area contributed by atoms with Gasteiger partial charge in [0.05, 0.1) is 18.4 Å². The lowest BCUT2D eigenvalue weighted by atomic mass is 10.1. The Morgan fingerprint density at radius 2 is 2.27 bits per heavy atom. The van der Waals surface area contributed by atoms with E-state index in [4.69, 9.17) is 5.73 Å². The number of hydrogen-bond acceptors (Lipinski definition) is 7. The predicted octanol–water partition coefficient (Wildman–Crippen LogP) is 0.379. The van der Waals surface area contributed by atoms with Gasteiger partial charge in [0.25, 0.3) is 5.56 Å². The lowest BCUT2D eigenvalue weighted by Crippen LogP contribution is -2.44. The molecule has 1 atom stereocenters. The van der Waals surface area contributed by atoms with E-state index in [0.29, 0.717) is 24.1 Å². The van der Waals surface area contributed by atoms with Crippen molar-refractivity contribution in [3.05, 3.63) is 40.8 Å². The second-order valence-electron chi connectivity index (χ2n) is 6.55. The van der Waals surface area contributed by atoms with Gasteiger partial charge >= 0.3 is 0 Å². The molecule has 3 aromatic rings. The van der Waals surface area contributed by atoms with Gasteiger partial charge in [0, 0.05) is 31.9 Å². The summed E-state index contributed by atoms with van der Waals surface area (Å²) in [6, 6.07) is 1.91. The first-order valence-electron chi connectivity index (χ1n) is 8.89. The smallest absolute Gasteiger partial charge is 0.293 e. The van der Waals surface area contributed by atoms with Crippen molar-refractivity contribution in [1.82, 2.24) is 29.3 Å². The number of aryl methyl sites for hydroxylation is 1. The molecule has 2 N–H and O–H groups in total. The monoisotopic (exact) mass is 354 g/mol. The zero-order valence-electron chi connectivity index (χ0n) is 14.7. The van der Waals surface area contributed by atoms with Crippen LogP contribution in [0.2, 0.25) is 0 Å². The third-order valence-electron chi connectivity index (χ3n) is 4.74. The number of nitrogens with zero attached hydrogens (tertiary/aromatic N) is 7. The highest BCUT2D eigenvalue weighted by atomic mass is 16.1. The van der Waals surface area contributed by atoms with E-state index in [-0.39, 0.29) is 11.6 Å². The summed E-state index contributed by atoms with van der Waals surface area (Å²) in [5, 5.41) is 4.28. The van der Waals surface area contributed by atoms with Crippen molar-refractivity contribution < 1.29 is 0 Å². The van der Waals surface area contributed by atoms with E-state index in [2.05, 4.69) is 25.0 Å². The molecule has 1 saturated heterocycles. The maximum absolute atomic E-state index is 13.0. The summed E-state index contributed by atoms with van der Waals surface area (Å²) < 4.78 is 3.39. The summed E-state index contributed by atoms with van der Waals surface area (Å²) in [5.74, 6) is 0.802. The predicted molar refractivity (Wildman–Crippen MR) is 98.0 cm³/mol. The molecule has 0 radical (unpaired) electrons. The van der Waals surface area contributed by atoms with Crippen LogP contribution in [-0.2, 0) is 13.1 Å². The molecule has 4 rings (SSSR count). The van der Waals surface area contributed by atoms with E-state index >= 15 is 0 Å². The molecule has 26 heavy (non-hydrogen) atoms. The molecular weight excluding hydrogens is 332 g/mol. The molecule has 0 amide bonds. The van der Waals surface area contributed by atoms with Gasteiger partial charge in [0.1, 0.15) is 17.4 Å². The van der Waals surface area contributed by atoms with Crippen molar-refractivity contribution in [2.24, 2.45) is 5.73 Å². The molecule has 4 heterocycles. The third kappa shape index (κ3) is 2.94. The third-order valence-corrected chi connectivity index (χ3v) is 4.74. The lowest BCUT2D eigenvalue weighted by Gasteiger charge is -2.31. The van der Waals surface area contributed by atoms with E-state index in [0.717, 1.165) is 37.6 Å². The summed E-state index contributed by atoms with van der Waals surface area (Å²) in [6.07, 6.45) is 6.82. The Morgan fingerprint density at radius 3 is 3.00 bits per heavy atom. The van der Waals surface area contributed by atoms with Crippen LogP contribution in [0.25, 0.3) is 11.0 Å². The molecule has 136 valence electrons. The molecule has 1 aliphatic heterocycles. The SMILES string of the molecule is CCn1c(N2CCCC(N)C2)nc2cnn(Cc3ccncn3)c(=O)c21. The van der Waals surface area contributed by atoms with E-state index in [1.54, 1.807) is 18.5 Å². The van der Waals surface area contributed by atoms with Crippen molar-refractivity contribution in [3.8, 4) is 0 Å². The van der Waals surface area contributed by atoms with Gasteiger partial charge in [-0.15, -0.1) is 0 Å². The van der Waals surface area contributed by atoms with Crippen LogP contribution >= 0.6 is 0 Å². The lowest BCUT2D eigenvalue weighted by molar-refractivity contribution is 0.494. The van der Waals surface area contributed by atoms with Crippen molar-refractivity contribution in [2.75, 3.05) is 18.0 Å². The standard InChI is InChI=1S/C17H22N8O/c1-2-24-15-14(22-17(24)23-7-3-4-12(18)9-23)8-21-25(16(15)26)10-13-5-6-19-11-20-13/h5-6,8,11-12H,2-4,7,9-10,18H2,1H3. The summed E-state index contributed by atoms with van der Waals surface area (Å²) in [5.41, 5.74) is 7.88. The average Bonchev–Trinajstić information content (AvgIpc) is 3.04. The molecule has 9 nitrogen and oxygen atoms in total. The summed E-state index contributed by atoms with van der Waals surface area (Å²) in [4.78, 5) is 27.9. The molecular formula is C17H22N8O. The quantitative estimate of drug-likeness (QED) is 0.721. The number of aromatic nitrogens is 6. The Bertz CT molecular complexity index is 964. The molecule has 0 aromatic carbocycles. The molecule has 1 unspecified atom stereocenters. The van der Waals surface area contributed by atoms with Crippen LogP contribution in [0.1, 0.15) is 25.5 Å². The minimum absolute atomic E-state index is 0.140. The van der Waals surface area contributed by atoms with Crippen LogP contribution < -0.4 is 16.2 Å². The van der Waals surface area contributed by atoms with Crippen LogP contribution in [-0.4, -0.2) is 48.4 Å². The molecule has 9 heteroatoms. The highest BCUT2D eigenvalue weighted by Gasteiger charge is 2.23. The van der Waals surface area contributed by atoms with Gasteiger partial charge in [-0.3, -0.25) is 4.79 Å². The van der Waals surface area contributed by atoms with Crippen LogP contribution in [0.3, 0.4) is 0 Å². The van der Waals surface area contributed by atoms with Gasteiger partial charge in [-0.2, -0.15) is 5.10 Å². The number of piperidine rings is 1. The Morgan fingerprint density at radius 1 is 1.38 bits per heavy atom. The maximum Gasteiger partial charge on any atom is 0.293 e. The first kappa shape index (κ1) is 16.6. The molecule has 3 aromatic heterocycles. The Balaban J connectivity index is 1.77. The van der Waals surface area contributed by atoms with Crippen molar-refractivity contribution in [3.63, 3.8) is 0 Å². The Hall–Kier alpha value is -2.81. The minimum Gasteiger partial charge on any atom is -0.341 e. The zero-order valence-corrected chi connectivity index (χ0v) is 14.7. The van der Waals surface area contributed by atoms with Gasteiger partial charge in [0.2, 0.25) is 5.95 Å². The van der Waals surface area contributed by atoms with Crippen molar-refractivity contribution >= 4 is 17.0 Å². The second kappa shape index (κ2) is 6.83. The zero-order chi connectivity index (χ0) is 18.1. The van der Waals surface area contributed by atoms with Crippen molar-refractivity contribution in [1.29, 1.82) is 0 Å². The van der Waals surface area contributed by atoms with Crippen LogP contribution in [0.4, 0.5) is 5.95 Å². The molecule has 0 aliphatic carbocycles. The molecule has 0 spiro atoms. The number of rotatable bonds is 4. The van der Waals surface area contributed by atoms with Gasteiger partial charge in [-0.05, 0) is 25.8 Å². The molecule has 0 bridgehead atoms. The van der Waals surface area contributed by atoms with Gasteiger partial charge < -0.3 is 15.2 Å². The number of fused-ring (bicyclic) bond motifs is 1. The van der Waals surface area contributed by atoms with E-state index in [1.807, 2.05) is 11.5 Å². The number of anilines is 1. The highest BCUT2D eigenvalue weighted by Crippen LogP contribution is 2.22. The first-order valence-corrected chi connectivity index (χ1v) is 8.89. The first-order chi connectivity index (χ1) is 12.7. The summed E-state index contributed by atoms with van der Waals surface area (Å²) >= 11 is 0. The summed E-state index contributed by atoms with van der Waals surface area (Å²) in [6.45, 7) is 4.63. The van der Waals surface area contributed by atoms with Crippen molar-refractivity contribution in [2.45, 2.75) is 38.9 Å². The fraction of sp³-hybridized carbons (Fsp3) is 0.471. The molecule has 1 aliphatic rings. The fourth-order valence-electron chi connectivity index (χ4n) is 3.48. The molecule has 1 fully saturated rings. The minimum atomic E-state index is -0.164. The van der Waals surface area contributed by atoms with Gasteiger partial charge in [-0.1, -0.05) is 0 Å². The maximum atomic E-state index is 13.0. The largest absolute Gasteiger partial charge is 0.341 e. The normalized spacial score (nSPS) is 17.8. The number of hydrogen-bond donors (Lipinski definition) is 1. The summed E-state index contributed by atoms with van der Waals surface area (Å²) in [7, 11) is 0. The van der Waals surface area contributed by atoms with E-state index in [9.17, 15) is 4.79 Å². The van der Waals surface area contributed by atoms with Crippen LogP contribution in [0.15, 0.2) is 29.6 Å². The average molecular weight is 354 g/mol. The Kier molecular flexibility index (Phi) is 4.37. The van der Waals surface area contributed by atoms with Crippen LogP contribution in [0, 0.1) is 0 Å². The van der Waals surface area contributed by atoms with Gasteiger partial charge in [-0.25, -0.2) is 19.6 Å². The van der Waals surface area contributed by atoms with E-state index in [1.165, 1.54) is 11.0 Å². The number of imidazole rings is 1. The topological polar surface area (TPSA) is 108 Å². The van der Waals surface area contributed by atoms with Gasteiger partial charge in [0.15, 0.2) is 0 Å². The second-order valence-corrected chi connectivity index (χ2v) is 6.55. The van der Waals surface area contributed by atoms with E-state index < -0.39 is 0 Å². The Labute approximate surface area is 150 Å². The highest BCUT2D eigenvalue weighted by molar-refractivity contribution is 5.77. The number of nitrogens with two attached hydrogens (primary N) is 1. The molecule has 0 saturated carbocycles.